The molecule has 0 fully saturated rings. The number of thiophene rings is 1. The zero-order valence-electron chi connectivity index (χ0n) is 16.2. The summed E-state index contributed by atoms with van der Waals surface area (Å²) in [6.07, 6.45) is 2.63. The number of rotatable bonds is 10. The van der Waals surface area contributed by atoms with Crippen molar-refractivity contribution in [3.8, 4) is 17.2 Å². The van der Waals surface area contributed by atoms with Crippen LogP contribution in [0.25, 0.3) is 0 Å². The molecular weight excluding hydrogens is 364 g/mol. The summed E-state index contributed by atoms with van der Waals surface area (Å²) in [4.78, 5) is 14.8. The Hall–Kier alpha value is -2.54. The standard InChI is InChI=1S/C20H26N2O4S/c1-5-15-9-10-16(27-15)13-21-22-20(23)14-11-17(24-6-2)19(26-8-4)18(12-14)25-7-3/h9-13H,5-8H2,1-4H3,(H,22,23). The van der Waals surface area contributed by atoms with Crippen molar-refractivity contribution in [2.24, 2.45) is 5.10 Å². The quantitative estimate of drug-likeness (QED) is 0.486. The van der Waals surface area contributed by atoms with Crippen LogP contribution in [-0.4, -0.2) is 31.9 Å². The van der Waals surface area contributed by atoms with Gasteiger partial charge in [-0.3, -0.25) is 4.79 Å². The first-order chi connectivity index (χ1) is 13.1. The third kappa shape index (κ3) is 5.72. The molecule has 27 heavy (non-hydrogen) atoms. The number of nitrogens with zero attached hydrogens (tertiary/aromatic N) is 1. The number of ether oxygens (including phenoxy) is 3. The topological polar surface area (TPSA) is 69.2 Å². The van der Waals surface area contributed by atoms with Gasteiger partial charge in [-0.1, -0.05) is 6.92 Å². The Labute approximate surface area is 164 Å². The predicted molar refractivity (Wildman–Crippen MR) is 109 cm³/mol. The van der Waals surface area contributed by atoms with E-state index in [-0.39, 0.29) is 5.91 Å². The van der Waals surface area contributed by atoms with E-state index in [1.165, 1.54) is 4.88 Å². The van der Waals surface area contributed by atoms with Crippen molar-refractivity contribution in [1.82, 2.24) is 5.43 Å². The molecule has 0 bridgehead atoms. The van der Waals surface area contributed by atoms with Crippen molar-refractivity contribution in [3.63, 3.8) is 0 Å². The van der Waals surface area contributed by atoms with Crippen LogP contribution in [0.1, 0.15) is 47.8 Å². The van der Waals surface area contributed by atoms with E-state index >= 15 is 0 Å². The molecule has 1 aromatic carbocycles. The number of carbonyl (C=O) groups excluding carboxylic acids is 1. The molecule has 1 heterocycles. The van der Waals surface area contributed by atoms with Crippen molar-refractivity contribution < 1.29 is 19.0 Å². The Morgan fingerprint density at radius 2 is 1.67 bits per heavy atom. The number of nitrogens with one attached hydrogen (secondary N) is 1. The molecule has 1 aromatic heterocycles. The van der Waals surface area contributed by atoms with Crippen molar-refractivity contribution in [1.29, 1.82) is 0 Å². The number of carbonyl (C=O) groups is 1. The summed E-state index contributed by atoms with van der Waals surface area (Å²) in [5.74, 6) is 1.12. The Bertz CT molecular complexity index is 759. The van der Waals surface area contributed by atoms with Gasteiger partial charge in [0, 0.05) is 15.3 Å². The molecule has 0 aliphatic carbocycles. The number of hydrazone groups is 1. The van der Waals surface area contributed by atoms with E-state index in [4.69, 9.17) is 14.2 Å². The highest BCUT2D eigenvalue weighted by Gasteiger charge is 2.18. The SMILES string of the molecule is CCOc1cc(C(=O)NN=Cc2ccc(CC)s2)cc(OCC)c1OCC. The van der Waals surface area contributed by atoms with Crippen LogP contribution >= 0.6 is 11.3 Å². The lowest BCUT2D eigenvalue weighted by Gasteiger charge is -2.16. The van der Waals surface area contributed by atoms with Crippen LogP contribution in [0.2, 0.25) is 0 Å². The minimum atomic E-state index is -0.344. The summed E-state index contributed by atoms with van der Waals surface area (Å²) in [7, 11) is 0. The van der Waals surface area contributed by atoms with Gasteiger partial charge in [-0.2, -0.15) is 5.10 Å². The van der Waals surface area contributed by atoms with Gasteiger partial charge in [0.05, 0.1) is 26.0 Å². The zero-order valence-corrected chi connectivity index (χ0v) is 17.0. The minimum Gasteiger partial charge on any atom is -0.490 e. The van der Waals surface area contributed by atoms with Crippen LogP contribution in [0.15, 0.2) is 29.4 Å². The first kappa shape index (κ1) is 20.8. The molecule has 0 radical (unpaired) electrons. The average Bonchev–Trinajstić information content (AvgIpc) is 3.12. The summed E-state index contributed by atoms with van der Waals surface area (Å²) in [5, 5.41) is 4.05. The Morgan fingerprint density at radius 1 is 1.04 bits per heavy atom. The lowest BCUT2D eigenvalue weighted by Crippen LogP contribution is -2.18. The molecule has 0 aliphatic heterocycles. The number of aryl methyl sites for hydroxylation is 1. The Morgan fingerprint density at radius 3 is 2.19 bits per heavy atom. The first-order valence-electron chi connectivity index (χ1n) is 9.11. The molecule has 0 atom stereocenters. The van der Waals surface area contributed by atoms with E-state index in [1.807, 2.05) is 26.8 Å². The monoisotopic (exact) mass is 390 g/mol. The van der Waals surface area contributed by atoms with E-state index < -0.39 is 0 Å². The van der Waals surface area contributed by atoms with Crippen LogP contribution in [0.3, 0.4) is 0 Å². The largest absolute Gasteiger partial charge is 0.490 e. The second-order valence-corrected chi connectivity index (χ2v) is 6.66. The van der Waals surface area contributed by atoms with Gasteiger partial charge >= 0.3 is 0 Å². The number of hydrogen-bond donors (Lipinski definition) is 1. The highest BCUT2D eigenvalue weighted by atomic mass is 32.1. The molecule has 2 rings (SSSR count). The van der Waals surface area contributed by atoms with Crippen LogP contribution < -0.4 is 19.6 Å². The second-order valence-electron chi connectivity index (χ2n) is 5.46. The minimum absolute atomic E-state index is 0.344. The van der Waals surface area contributed by atoms with Crippen LogP contribution in [0, 0.1) is 0 Å². The Balaban J connectivity index is 2.20. The van der Waals surface area contributed by atoms with Gasteiger partial charge in [-0.15, -0.1) is 11.3 Å². The highest BCUT2D eigenvalue weighted by molar-refractivity contribution is 7.13. The van der Waals surface area contributed by atoms with Gasteiger partial charge in [0.2, 0.25) is 5.75 Å². The van der Waals surface area contributed by atoms with Crippen LogP contribution in [0.5, 0.6) is 17.2 Å². The van der Waals surface area contributed by atoms with Gasteiger partial charge in [0.1, 0.15) is 0 Å². The highest BCUT2D eigenvalue weighted by Crippen LogP contribution is 2.39. The van der Waals surface area contributed by atoms with Gasteiger partial charge in [0.15, 0.2) is 11.5 Å². The molecule has 0 spiro atoms. The molecule has 1 N–H and O–H groups in total. The summed E-state index contributed by atoms with van der Waals surface area (Å²) in [5.41, 5.74) is 2.94. The maximum atomic E-state index is 12.5. The summed E-state index contributed by atoms with van der Waals surface area (Å²) in [6, 6.07) is 7.32. The second kappa shape index (κ2) is 10.6. The maximum absolute atomic E-state index is 12.5. The van der Waals surface area contributed by atoms with Gasteiger partial charge in [0.25, 0.3) is 5.91 Å². The number of benzene rings is 1. The van der Waals surface area contributed by atoms with E-state index in [9.17, 15) is 4.79 Å². The summed E-state index contributed by atoms with van der Waals surface area (Å²) in [6.45, 7) is 9.11. The molecular formula is C20H26N2O4S. The summed E-state index contributed by atoms with van der Waals surface area (Å²) >= 11 is 1.65. The lowest BCUT2D eigenvalue weighted by atomic mass is 10.1. The smallest absolute Gasteiger partial charge is 0.271 e. The van der Waals surface area contributed by atoms with Gasteiger partial charge in [-0.05, 0) is 51.5 Å². The summed E-state index contributed by atoms with van der Waals surface area (Å²) < 4.78 is 16.9. The maximum Gasteiger partial charge on any atom is 0.271 e. The normalized spacial score (nSPS) is 10.8. The van der Waals surface area contributed by atoms with E-state index in [1.54, 1.807) is 29.7 Å². The molecule has 146 valence electrons. The van der Waals surface area contributed by atoms with Gasteiger partial charge < -0.3 is 14.2 Å². The van der Waals surface area contributed by atoms with E-state index in [0.29, 0.717) is 42.6 Å². The van der Waals surface area contributed by atoms with Crippen molar-refractivity contribution in [2.75, 3.05) is 19.8 Å². The molecule has 0 saturated carbocycles. The molecule has 0 unspecified atom stereocenters. The molecule has 7 heteroatoms. The van der Waals surface area contributed by atoms with Crippen molar-refractivity contribution in [2.45, 2.75) is 34.1 Å². The number of hydrogen-bond acceptors (Lipinski definition) is 6. The molecule has 0 saturated heterocycles. The van der Waals surface area contributed by atoms with E-state index in [2.05, 4.69) is 23.5 Å². The third-order valence-corrected chi connectivity index (χ3v) is 4.72. The van der Waals surface area contributed by atoms with Crippen molar-refractivity contribution in [3.05, 3.63) is 39.6 Å². The third-order valence-electron chi connectivity index (χ3n) is 3.56. The van der Waals surface area contributed by atoms with Crippen LogP contribution in [0.4, 0.5) is 0 Å². The zero-order chi connectivity index (χ0) is 19.6. The average molecular weight is 391 g/mol. The number of amides is 1. The van der Waals surface area contributed by atoms with Crippen molar-refractivity contribution >= 4 is 23.5 Å². The van der Waals surface area contributed by atoms with Gasteiger partial charge in [-0.25, -0.2) is 5.43 Å². The fourth-order valence-corrected chi connectivity index (χ4v) is 3.22. The predicted octanol–water partition coefficient (Wildman–Crippen LogP) is 4.27. The first-order valence-corrected chi connectivity index (χ1v) is 9.93. The molecule has 6 nitrogen and oxygen atoms in total. The fraction of sp³-hybridized carbons (Fsp3) is 0.400. The fourth-order valence-electron chi connectivity index (χ4n) is 2.39. The molecule has 0 aliphatic rings. The van der Waals surface area contributed by atoms with Crippen LogP contribution in [-0.2, 0) is 6.42 Å². The van der Waals surface area contributed by atoms with E-state index in [0.717, 1.165) is 11.3 Å². The molecule has 1 amide bonds. The Kier molecular flexibility index (Phi) is 8.13. The molecule has 2 aromatic rings. The lowest BCUT2D eigenvalue weighted by molar-refractivity contribution is 0.0954.